The Hall–Kier alpha value is -4.40. The highest BCUT2D eigenvalue weighted by Gasteiger charge is 2.63. The average molecular weight is 780 g/mol. The van der Waals surface area contributed by atoms with Crippen molar-refractivity contribution in [1.82, 2.24) is 25.2 Å². The van der Waals surface area contributed by atoms with Gasteiger partial charge in [0.1, 0.15) is 35.1 Å². The summed E-state index contributed by atoms with van der Waals surface area (Å²) in [4.78, 5) is 62.4. The normalized spacial score (nSPS) is 31.0. The van der Waals surface area contributed by atoms with E-state index in [-0.39, 0.29) is 31.2 Å². The summed E-state index contributed by atoms with van der Waals surface area (Å²) in [5.74, 6) is -1.42. The van der Waals surface area contributed by atoms with Gasteiger partial charge in [-0.25, -0.2) is 18.2 Å². The molecule has 4 heterocycles. The largest absolute Gasteiger partial charge is 0.492 e. The Kier molecular flexibility index (Phi) is 10.1. The first-order valence-corrected chi connectivity index (χ1v) is 20.9. The van der Waals surface area contributed by atoms with Gasteiger partial charge in [-0.3, -0.25) is 19.1 Å². The van der Waals surface area contributed by atoms with E-state index < -0.39 is 73.8 Å². The van der Waals surface area contributed by atoms with E-state index in [1.165, 1.54) is 4.90 Å². The van der Waals surface area contributed by atoms with E-state index in [0.717, 1.165) is 34.9 Å². The molecule has 298 valence electrons. The fourth-order valence-electron chi connectivity index (χ4n) is 8.16. The number of carbonyl (C=O) groups is 4. The first-order chi connectivity index (χ1) is 25.9. The molecule has 7 rings (SSSR count). The number of amides is 4. The third kappa shape index (κ3) is 7.86. The summed E-state index contributed by atoms with van der Waals surface area (Å²) in [6, 6.07) is 3.62. The number of aromatic nitrogens is 1. The third-order valence-corrected chi connectivity index (χ3v) is 13.9. The average Bonchev–Trinajstić information content (AvgIpc) is 3.88. The van der Waals surface area contributed by atoms with Crippen molar-refractivity contribution >= 4 is 44.6 Å². The van der Waals surface area contributed by atoms with Crippen LogP contribution in [0.15, 0.2) is 36.5 Å². The number of sulfonamides is 1. The second-order valence-electron chi connectivity index (χ2n) is 17.4. The lowest BCUT2D eigenvalue weighted by atomic mass is 9.88. The number of fused-ring (bicyclic) bond motifs is 5. The molecule has 2 saturated carbocycles. The Bertz CT molecular complexity index is 2030. The van der Waals surface area contributed by atoms with Crippen LogP contribution < -0.4 is 24.8 Å². The SMILES string of the molecule is C[C@@H]1CC/C=C\[C@@H]2C[C@@]2(C(=O)NS(=O)(=O)C2(C)CC2)NC(=O)[C@@H]2C[C@@H](Oc3nccc4c5c(ccc34)CCO5)CN2C(=O)[C@@H](NC(=O)OC(C)(C)C)[C@H](C)C1. The van der Waals surface area contributed by atoms with Gasteiger partial charge in [0.15, 0.2) is 0 Å². The molecule has 5 aliphatic rings. The van der Waals surface area contributed by atoms with Gasteiger partial charge < -0.3 is 29.7 Å². The molecule has 15 heteroatoms. The van der Waals surface area contributed by atoms with Crippen LogP contribution in [0.1, 0.15) is 92.1 Å². The Morgan fingerprint density at radius 2 is 1.85 bits per heavy atom. The monoisotopic (exact) mass is 779 g/mol. The van der Waals surface area contributed by atoms with Crippen LogP contribution in [0, 0.1) is 17.8 Å². The molecule has 1 aromatic heterocycles. The van der Waals surface area contributed by atoms with Crippen LogP contribution in [0.25, 0.3) is 10.8 Å². The van der Waals surface area contributed by atoms with E-state index in [2.05, 4.69) is 27.3 Å². The highest BCUT2D eigenvalue weighted by molar-refractivity contribution is 7.91. The van der Waals surface area contributed by atoms with Crippen LogP contribution in [0.2, 0.25) is 0 Å². The first kappa shape index (κ1) is 38.9. The van der Waals surface area contributed by atoms with Crippen LogP contribution in [-0.2, 0) is 35.6 Å². The molecule has 4 amide bonds. The van der Waals surface area contributed by atoms with E-state index >= 15 is 0 Å². The minimum Gasteiger partial charge on any atom is -0.492 e. The number of allylic oxidation sites excluding steroid dienone is 1. The minimum absolute atomic E-state index is 0.0134. The molecule has 0 spiro atoms. The standard InChI is InChI=1S/C40H53N5O9S/c1-23-9-7-8-10-26-21-40(26,36(48)44-55(50,51)39(6)15-16-39)43-33(46)30-20-27(53-34-29-12-11-25-14-18-52-32(25)28(29)13-17-41-34)22-45(30)35(47)31(24(2)19-23)42-37(49)54-38(3,4)5/h8,10-13,17,23-24,26-27,30-31H,7,9,14-16,18-22H2,1-6H3,(H,42,49)(H,43,46)(H,44,48)/b10-8-/t23-,24-,26-,27-,30+,31+,40-/m1/s1. The lowest BCUT2D eigenvalue weighted by molar-refractivity contribution is -0.142. The van der Waals surface area contributed by atoms with E-state index in [0.29, 0.717) is 38.2 Å². The summed E-state index contributed by atoms with van der Waals surface area (Å²) in [6.07, 6.45) is 8.01. The Morgan fingerprint density at radius 1 is 1.09 bits per heavy atom. The van der Waals surface area contributed by atoms with E-state index in [1.54, 1.807) is 33.9 Å². The second-order valence-corrected chi connectivity index (χ2v) is 19.6. The molecule has 3 aliphatic heterocycles. The number of carbonyl (C=O) groups excluding carboxylic acids is 4. The van der Waals surface area contributed by atoms with E-state index in [9.17, 15) is 27.6 Å². The number of nitrogens with zero attached hydrogens (tertiary/aromatic N) is 2. The number of benzene rings is 1. The minimum atomic E-state index is -3.99. The molecule has 2 aromatic rings. The molecule has 3 N–H and O–H groups in total. The van der Waals surface area contributed by atoms with Gasteiger partial charge in [-0.05, 0) is 95.8 Å². The lowest BCUT2D eigenvalue weighted by Crippen LogP contribution is -2.59. The molecular formula is C40H53N5O9S. The maximum atomic E-state index is 14.8. The molecule has 1 aromatic carbocycles. The highest BCUT2D eigenvalue weighted by atomic mass is 32.2. The van der Waals surface area contributed by atoms with Crippen LogP contribution >= 0.6 is 0 Å². The molecule has 2 aliphatic carbocycles. The number of hydrogen-bond acceptors (Lipinski definition) is 10. The van der Waals surface area contributed by atoms with Crippen LogP contribution in [0.3, 0.4) is 0 Å². The zero-order valence-electron chi connectivity index (χ0n) is 32.5. The molecule has 7 atom stereocenters. The Balaban J connectivity index is 1.22. The summed E-state index contributed by atoms with van der Waals surface area (Å²) in [6.45, 7) is 11.4. The van der Waals surface area contributed by atoms with Gasteiger partial charge in [-0.1, -0.05) is 32.1 Å². The predicted molar refractivity (Wildman–Crippen MR) is 204 cm³/mol. The second kappa shape index (κ2) is 14.3. The Morgan fingerprint density at radius 3 is 2.58 bits per heavy atom. The number of ether oxygens (including phenoxy) is 3. The number of pyridine rings is 1. The molecule has 3 fully saturated rings. The number of hydrogen-bond donors (Lipinski definition) is 3. The molecule has 55 heavy (non-hydrogen) atoms. The summed E-state index contributed by atoms with van der Waals surface area (Å²) in [7, 11) is -3.99. The van der Waals surface area contributed by atoms with Gasteiger partial charge in [-0.15, -0.1) is 0 Å². The smallest absolute Gasteiger partial charge is 0.408 e. The maximum absolute atomic E-state index is 14.8. The van der Waals surface area contributed by atoms with Crippen molar-refractivity contribution in [3.63, 3.8) is 0 Å². The summed E-state index contributed by atoms with van der Waals surface area (Å²) in [5, 5.41) is 7.31. The van der Waals surface area contributed by atoms with Crippen LogP contribution in [-0.4, -0.2) is 89.3 Å². The summed E-state index contributed by atoms with van der Waals surface area (Å²) >= 11 is 0. The third-order valence-electron chi connectivity index (χ3n) is 11.8. The van der Waals surface area contributed by atoms with Crippen molar-refractivity contribution in [2.24, 2.45) is 17.8 Å². The van der Waals surface area contributed by atoms with Crippen molar-refractivity contribution in [2.75, 3.05) is 13.2 Å². The molecular weight excluding hydrogens is 727 g/mol. The molecule has 0 bridgehead atoms. The summed E-state index contributed by atoms with van der Waals surface area (Å²) in [5.41, 5.74) is -1.25. The molecule has 0 radical (unpaired) electrons. The van der Waals surface area contributed by atoms with Crippen LogP contribution in [0.4, 0.5) is 4.79 Å². The van der Waals surface area contributed by atoms with Gasteiger partial charge in [0.05, 0.1) is 17.9 Å². The maximum Gasteiger partial charge on any atom is 0.408 e. The number of nitrogens with one attached hydrogen (secondary N) is 3. The molecule has 14 nitrogen and oxygen atoms in total. The van der Waals surface area contributed by atoms with Gasteiger partial charge in [0, 0.05) is 35.7 Å². The first-order valence-electron chi connectivity index (χ1n) is 19.5. The quantitative estimate of drug-likeness (QED) is 0.358. The fraction of sp³-hybridized carbons (Fsp3) is 0.625. The van der Waals surface area contributed by atoms with Crippen molar-refractivity contribution in [3.8, 4) is 11.6 Å². The topological polar surface area (TPSA) is 182 Å². The van der Waals surface area contributed by atoms with Gasteiger partial charge >= 0.3 is 6.09 Å². The fourth-order valence-corrected chi connectivity index (χ4v) is 9.47. The van der Waals surface area contributed by atoms with Crippen molar-refractivity contribution in [1.29, 1.82) is 0 Å². The summed E-state index contributed by atoms with van der Waals surface area (Å²) < 4.78 is 45.6. The lowest BCUT2D eigenvalue weighted by Gasteiger charge is -2.33. The highest BCUT2D eigenvalue weighted by Crippen LogP contribution is 2.48. The Labute approximate surface area is 322 Å². The predicted octanol–water partition coefficient (Wildman–Crippen LogP) is 4.30. The zero-order valence-corrected chi connectivity index (χ0v) is 33.3. The zero-order chi connectivity index (χ0) is 39.5. The number of alkyl carbamates (subject to hydrolysis) is 1. The van der Waals surface area contributed by atoms with Crippen LogP contribution in [0.5, 0.6) is 11.6 Å². The van der Waals surface area contributed by atoms with Crippen molar-refractivity contribution in [2.45, 2.75) is 127 Å². The van der Waals surface area contributed by atoms with Crippen molar-refractivity contribution in [3.05, 3.63) is 42.1 Å². The number of rotatable bonds is 6. The van der Waals surface area contributed by atoms with Crippen molar-refractivity contribution < 1.29 is 41.8 Å². The van der Waals surface area contributed by atoms with Gasteiger partial charge in [0.2, 0.25) is 27.7 Å². The van der Waals surface area contributed by atoms with E-state index in [4.69, 9.17) is 14.2 Å². The van der Waals surface area contributed by atoms with Gasteiger partial charge in [-0.2, -0.15) is 0 Å². The van der Waals surface area contributed by atoms with E-state index in [1.807, 2.05) is 37.3 Å². The van der Waals surface area contributed by atoms with Gasteiger partial charge in [0.25, 0.3) is 5.91 Å². The molecule has 0 unspecified atom stereocenters. The molecule has 1 saturated heterocycles.